The van der Waals surface area contributed by atoms with Gasteiger partial charge < -0.3 is 15.4 Å². The fourth-order valence-electron chi connectivity index (χ4n) is 3.27. The van der Waals surface area contributed by atoms with Gasteiger partial charge in [-0.25, -0.2) is 0 Å². The van der Waals surface area contributed by atoms with Gasteiger partial charge in [0.25, 0.3) is 0 Å². The van der Waals surface area contributed by atoms with Crippen LogP contribution in [0.3, 0.4) is 0 Å². The average molecular weight is 299 g/mol. The smallest absolute Gasteiger partial charge is 0.121 e. The van der Waals surface area contributed by atoms with Crippen LogP contribution in [-0.4, -0.2) is 30.7 Å². The summed E-state index contributed by atoms with van der Waals surface area (Å²) in [6, 6.07) is 9.12. The first-order valence-electron chi connectivity index (χ1n) is 8.19. The van der Waals surface area contributed by atoms with Crippen molar-refractivity contribution >= 4 is 16.6 Å². The number of ether oxygens (including phenoxy) is 1. The van der Waals surface area contributed by atoms with Gasteiger partial charge in [0.15, 0.2) is 0 Å². The highest BCUT2D eigenvalue weighted by atomic mass is 16.5. The van der Waals surface area contributed by atoms with Crippen molar-refractivity contribution in [3.8, 4) is 5.75 Å². The molecule has 1 aliphatic rings. The molecule has 22 heavy (non-hydrogen) atoms. The van der Waals surface area contributed by atoms with E-state index in [2.05, 4.69) is 28.6 Å². The van der Waals surface area contributed by atoms with E-state index in [1.54, 1.807) is 7.11 Å². The molecule has 0 bridgehead atoms. The molecule has 0 radical (unpaired) electrons. The van der Waals surface area contributed by atoms with Gasteiger partial charge in [-0.15, -0.1) is 0 Å². The summed E-state index contributed by atoms with van der Waals surface area (Å²) in [4.78, 5) is 4.52. The monoisotopic (exact) mass is 299 g/mol. The average Bonchev–Trinajstić information content (AvgIpc) is 2.55. The van der Waals surface area contributed by atoms with Crippen LogP contribution in [0.15, 0.2) is 30.5 Å². The third-order valence-electron chi connectivity index (χ3n) is 4.37. The van der Waals surface area contributed by atoms with E-state index in [0.29, 0.717) is 12.1 Å². The molecule has 1 aromatic heterocycles. The highest BCUT2D eigenvalue weighted by Gasteiger charge is 2.16. The maximum atomic E-state index is 5.41. The van der Waals surface area contributed by atoms with E-state index in [-0.39, 0.29) is 0 Å². The maximum absolute atomic E-state index is 5.41. The predicted octanol–water partition coefficient (Wildman–Crippen LogP) is 3.58. The first-order chi connectivity index (χ1) is 10.8. The van der Waals surface area contributed by atoms with Gasteiger partial charge in [-0.3, -0.25) is 4.98 Å². The van der Waals surface area contributed by atoms with Gasteiger partial charge in [-0.1, -0.05) is 12.5 Å². The minimum absolute atomic E-state index is 0.396. The van der Waals surface area contributed by atoms with Crippen LogP contribution in [0.2, 0.25) is 0 Å². The van der Waals surface area contributed by atoms with Crippen molar-refractivity contribution in [2.75, 3.05) is 19.0 Å². The lowest BCUT2D eigenvalue weighted by Crippen LogP contribution is -2.37. The van der Waals surface area contributed by atoms with E-state index >= 15 is 0 Å². The van der Waals surface area contributed by atoms with Crippen LogP contribution in [-0.2, 0) is 0 Å². The molecule has 0 aliphatic carbocycles. The number of pyridine rings is 1. The van der Waals surface area contributed by atoms with Crippen molar-refractivity contribution in [1.29, 1.82) is 0 Å². The van der Waals surface area contributed by atoms with Gasteiger partial charge in [-0.2, -0.15) is 0 Å². The largest absolute Gasteiger partial charge is 0.497 e. The van der Waals surface area contributed by atoms with E-state index in [9.17, 15) is 0 Å². The summed E-state index contributed by atoms with van der Waals surface area (Å²) in [5.74, 6) is 0.867. The number of nitrogens with one attached hydrogen (secondary N) is 2. The van der Waals surface area contributed by atoms with Crippen LogP contribution in [0.1, 0.15) is 32.6 Å². The van der Waals surface area contributed by atoms with Gasteiger partial charge in [0.1, 0.15) is 5.75 Å². The second-order valence-corrected chi connectivity index (χ2v) is 6.18. The second kappa shape index (κ2) is 6.97. The van der Waals surface area contributed by atoms with Crippen LogP contribution in [0.4, 0.5) is 5.69 Å². The van der Waals surface area contributed by atoms with Crippen molar-refractivity contribution in [2.45, 2.75) is 44.7 Å². The van der Waals surface area contributed by atoms with Gasteiger partial charge in [0, 0.05) is 29.7 Å². The van der Waals surface area contributed by atoms with Gasteiger partial charge in [0.05, 0.1) is 18.3 Å². The molecule has 0 amide bonds. The van der Waals surface area contributed by atoms with E-state index < -0.39 is 0 Å². The molecule has 0 spiro atoms. The summed E-state index contributed by atoms with van der Waals surface area (Å²) < 4.78 is 5.41. The number of piperidine rings is 1. The molecule has 2 aromatic rings. The maximum Gasteiger partial charge on any atom is 0.121 e. The number of hydrogen-bond donors (Lipinski definition) is 2. The topological polar surface area (TPSA) is 46.2 Å². The zero-order valence-electron chi connectivity index (χ0n) is 13.4. The standard InChI is InChI=1S/C18H25N3O/c1-13(10-15-7-3-4-8-19-15)21-17-12-16(22-2)11-14-6-5-9-20-18(14)17/h5-6,9,11-13,15,19,21H,3-4,7-8,10H2,1-2H3. The van der Waals surface area contributed by atoms with E-state index in [1.165, 1.54) is 19.3 Å². The Balaban J connectivity index is 1.76. The Bertz CT molecular complexity index is 623. The molecule has 2 heterocycles. The Labute approximate surface area is 132 Å². The van der Waals surface area contributed by atoms with Crippen LogP contribution in [0, 0.1) is 0 Å². The van der Waals surface area contributed by atoms with Crippen LogP contribution >= 0.6 is 0 Å². The number of methoxy groups -OCH3 is 1. The number of benzene rings is 1. The van der Waals surface area contributed by atoms with Crippen molar-refractivity contribution in [2.24, 2.45) is 0 Å². The van der Waals surface area contributed by atoms with Crippen molar-refractivity contribution in [3.63, 3.8) is 0 Å². The van der Waals surface area contributed by atoms with Crippen molar-refractivity contribution < 1.29 is 4.74 Å². The summed E-state index contributed by atoms with van der Waals surface area (Å²) in [7, 11) is 1.71. The Morgan fingerprint density at radius 2 is 2.32 bits per heavy atom. The number of anilines is 1. The van der Waals surface area contributed by atoms with Crippen molar-refractivity contribution in [1.82, 2.24) is 10.3 Å². The summed E-state index contributed by atoms with van der Waals surface area (Å²) in [5, 5.41) is 8.34. The molecule has 2 atom stereocenters. The molecule has 3 rings (SSSR count). The molecule has 1 fully saturated rings. The molecule has 2 unspecified atom stereocenters. The minimum Gasteiger partial charge on any atom is -0.497 e. The van der Waals surface area contributed by atoms with E-state index in [1.807, 2.05) is 24.4 Å². The lowest BCUT2D eigenvalue weighted by atomic mass is 9.98. The van der Waals surface area contributed by atoms with E-state index in [4.69, 9.17) is 4.74 Å². The Morgan fingerprint density at radius 1 is 1.41 bits per heavy atom. The predicted molar refractivity (Wildman–Crippen MR) is 91.6 cm³/mol. The first-order valence-corrected chi connectivity index (χ1v) is 8.19. The van der Waals surface area contributed by atoms with Gasteiger partial charge >= 0.3 is 0 Å². The highest BCUT2D eigenvalue weighted by Crippen LogP contribution is 2.28. The Kier molecular flexibility index (Phi) is 4.78. The number of hydrogen-bond acceptors (Lipinski definition) is 4. The minimum atomic E-state index is 0.396. The number of rotatable bonds is 5. The molecule has 1 saturated heterocycles. The Morgan fingerprint density at radius 3 is 3.09 bits per heavy atom. The van der Waals surface area contributed by atoms with Crippen LogP contribution in [0.5, 0.6) is 5.75 Å². The second-order valence-electron chi connectivity index (χ2n) is 6.18. The van der Waals surface area contributed by atoms with Crippen molar-refractivity contribution in [3.05, 3.63) is 30.5 Å². The van der Waals surface area contributed by atoms with Gasteiger partial charge in [0.2, 0.25) is 0 Å². The quantitative estimate of drug-likeness (QED) is 0.886. The van der Waals surface area contributed by atoms with Crippen LogP contribution in [0.25, 0.3) is 10.9 Å². The van der Waals surface area contributed by atoms with Crippen LogP contribution < -0.4 is 15.4 Å². The third kappa shape index (κ3) is 3.50. The number of fused-ring (bicyclic) bond motifs is 1. The molecule has 118 valence electrons. The summed E-state index contributed by atoms with van der Waals surface area (Å²) in [6.07, 6.45) is 6.90. The zero-order valence-corrected chi connectivity index (χ0v) is 13.4. The van der Waals surface area contributed by atoms with Gasteiger partial charge in [-0.05, 0) is 44.9 Å². The molecule has 1 aliphatic heterocycles. The molecular weight excluding hydrogens is 274 g/mol. The first kappa shape index (κ1) is 15.1. The Hall–Kier alpha value is -1.81. The lowest BCUT2D eigenvalue weighted by Gasteiger charge is -2.27. The third-order valence-corrected chi connectivity index (χ3v) is 4.37. The number of nitrogens with zero attached hydrogens (tertiary/aromatic N) is 1. The molecule has 0 saturated carbocycles. The summed E-state index contributed by atoms with van der Waals surface area (Å²) in [5.41, 5.74) is 2.06. The molecule has 4 nitrogen and oxygen atoms in total. The highest BCUT2D eigenvalue weighted by molar-refractivity contribution is 5.91. The molecule has 4 heteroatoms. The molecule has 2 N–H and O–H groups in total. The molecular formula is C18H25N3O. The fourth-order valence-corrected chi connectivity index (χ4v) is 3.27. The summed E-state index contributed by atoms with van der Waals surface area (Å²) >= 11 is 0. The zero-order chi connectivity index (χ0) is 15.4. The normalized spacial score (nSPS) is 19.8. The number of aromatic nitrogens is 1. The van der Waals surface area contributed by atoms with E-state index in [0.717, 1.165) is 35.3 Å². The summed E-state index contributed by atoms with van der Waals surface area (Å²) in [6.45, 7) is 3.39. The SMILES string of the molecule is COc1cc(NC(C)CC2CCCCN2)c2ncccc2c1. The lowest BCUT2D eigenvalue weighted by molar-refractivity contribution is 0.371. The molecule has 1 aromatic carbocycles. The fraction of sp³-hybridized carbons (Fsp3) is 0.500.